The summed E-state index contributed by atoms with van der Waals surface area (Å²) in [6.07, 6.45) is 3.37. The number of rotatable bonds is 1. The van der Waals surface area contributed by atoms with Crippen LogP contribution >= 0.6 is 0 Å². The zero-order valence-corrected chi connectivity index (χ0v) is 11.1. The van der Waals surface area contributed by atoms with Gasteiger partial charge in [-0.05, 0) is 25.0 Å². The maximum Gasteiger partial charge on any atom is 0.343 e. The van der Waals surface area contributed by atoms with E-state index in [4.69, 9.17) is 4.42 Å². The van der Waals surface area contributed by atoms with Gasteiger partial charge in [0.2, 0.25) is 0 Å². The molecule has 20 heavy (non-hydrogen) atoms. The van der Waals surface area contributed by atoms with Crippen molar-refractivity contribution in [1.82, 2.24) is 0 Å². The molecule has 0 saturated heterocycles. The SMILES string of the molecule is O=C1CCCC[C@@H](c2c(O)c3ccccc3oc2=O)C1. The second-order valence-corrected chi connectivity index (χ2v) is 5.33. The summed E-state index contributed by atoms with van der Waals surface area (Å²) in [6.45, 7) is 0. The predicted molar refractivity (Wildman–Crippen MR) is 75.0 cm³/mol. The first kappa shape index (κ1) is 12.9. The van der Waals surface area contributed by atoms with Crippen LogP contribution in [0.25, 0.3) is 11.0 Å². The van der Waals surface area contributed by atoms with Crippen LogP contribution in [-0.4, -0.2) is 10.9 Å². The molecular weight excluding hydrogens is 256 g/mol. The molecule has 0 unspecified atom stereocenters. The number of carbonyl (C=O) groups excluding carboxylic acids is 1. The van der Waals surface area contributed by atoms with Crippen molar-refractivity contribution in [2.45, 2.75) is 38.0 Å². The molecule has 1 N–H and O–H groups in total. The number of para-hydroxylation sites is 1. The Morgan fingerprint density at radius 3 is 2.80 bits per heavy atom. The van der Waals surface area contributed by atoms with Gasteiger partial charge in [0.15, 0.2) is 0 Å². The van der Waals surface area contributed by atoms with Crippen LogP contribution in [0.3, 0.4) is 0 Å². The second-order valence-electron chi connectivity index (χ2n) is 5.33. The second kappa shape index (κ2) is 5.12. The number of aromatic hydroxyl groups is 1. The molecule has 104 valence electrons. The molecule has 0 spiro atoms. The Hall–Kier alpha value is -2.10. The Morgan fingerprint density at radius 2 is 1.95 bits per heavy atom. The van der Waals surface area contributed by atoms with Crippen LogP contribution in [0.4, 0.5) is 0 Å². The van der Waals surface area contributed by atoms with E-state index >= 15 is 0 Å². The lowest BCUT2D eigenvalue weighted by Crippen LogP contribution is -2.15. The highest BCUT2D eigenvalue weighted by molar-refractivity contribution is 5.85. The molecular formula is C16H16O4. The minimum atomic E-state index is -0.527. The van der Waals surface area contributed by atoms with E-state index in [1.807, 2.05) is 0 Å². The number of hydrogen-bond acceptors (Lipinski definition) is 4. The van der Waals surface area contributed by atoms with Gasteiger partial charge in [-0.25, -0.2) is 4.79 Å². The average molecular weight is 272 g/mol. The standard InChI is InChI=1S/C16H16O4/c17-11-6-2-1-5-10(9-11)14-15(18)12-7-3-4-8-13(12)20-16(14)19/h3-4,7-8,10,18H,1-2,5-6,9H2/t10-/m1/s1. The van der Waals surface area contributed by atoms with Crippen molar-refractivity contribution in [1.29, 1.82) is 0 Å². The molecule has 0 radical (unpaired) electrons. The van der Waals surface area contributed by atoms with Gasteiger partial charge in [-0.3, -0.25) is 4.79 Å². The third-order valence-corrected chi connectivity index (χ3v) is 3.96. The van der Waals surface area contributed by atoms with Crippen LogP contribution in [0.15, 0.2) is 33.5 Å². The first-order chi connectivity index (χ1) is 9.66. The summed E-state index contributed by atoms with van der Waals surface area (Å²) in [5, 5.41) is 10.9. The first-order valence-corrected chi connectivity index (χ1v) is 6.93. The van der Waals surface area contributed by atoms with Crippen LogP contribution in [0.5, 0.6) is 5.75 Å². The van der Waals surface area contributed by atoms with Crippen molar-refractivity contribution >= 4 is 16.8 Å². The van der Waals surface area contributed by atoms with Gasteiger partial charge in [-0.1, -0.05) is 18.6 Å². The zero-order valence-electron chi connectivity index (χ0n) is 11.1. The Balaban J connectivity index is 2.15. The number of hydrogen-bond donors (Lipinski definition) is 1. The maximum atomic E-state index is 12.1. The van der Waals surface area contributed by atoms with Crippen LogP contribution in [0.1, 0.15) is 43.6 Å². The van der Waals surface area contributed by atoms with Gasteiger partial charge in [0.1, 0.15) is 17.1 Å². The molecule has 1 aromatic heterocycles. The van der Waals surface area contributed by atoms with Gasteiger partial charge in [0.25, 0.3) is 0 Å². The van der Waals surface area contributed by atoms with Gasteiger partial charge < -0.3 is 9.52 Å². The summed E-state index contributed by atoms with van der Waals surface area (Å²) in [5.74, 6) is -0.109. The highest BCUT2D eigenvalue weighted by Gasteiger charge is 2.26. The minimum Gasteiger partial charge on any atom is -0.507 e. The zero-order chi connectivity index (χ0) is 14.1. The molecule has 1 saturated carbocycles. The monoisotopic (exact) mass is 272 g/mol. The Kier molecular flexibility index (Phi) is 3.30. The molecule has 4 heteroatoms. The number of carbonyl (C=O) groups is 1. The summed E-state index contributed by atoms with van der Waals surface area (Å²) >= 11 is 0. The summed E-state index contributed by atoms with van der Waals surface area (Å²) in [7, 11) is 0. The Bertz CT molecular complexity index is 714. The van der Waals surface area contributed by atoms with Crippen molar-refractivity contribution < 1.29 is 14.3 Å². The fraction of sp³-hybridized carbons (Fsp3) is 0.375. The van der Waals surface area contributed by atoms with Gasteiger partial charge in [-0.15, -0.1) is 0 Å². The number of benzene rings is 1. The van der Waals surface area contributed by atoms with Crippen molar-refractivity contribution in [3.05, 3.63) is 40.2 Å². The number of fused-ring (bicyclic) bond motifs is 1. The average Bonchev–Trinajstić information content (AvgIpc) is 2.63. The predicted octanol–water partition coefficient (Wildman–Crippen LogP) is 3.12. The molecule has 4 nitrogen and oxygen atoms in total. The highest BCUT2D eigenvalue weighted by atomic mass is 16.4. The third kappa shape index (κ3) is 2.22. The van der Waals surface area contributed by atoms with E-state index in [1.54, 1.807) is 24.3 Å². The third-order valence-electron chi connectivity index (χ3n) is 3.96. The molecule has 0 aliphatic heterocycles. The van der Waals surface area contributed by atoms with E-state index in [-0.39, 0.29) is 23.0 Å². The molecule has 1 atom stereocenters. The lowest BCUT2D eigenvalue weighted by Gasteiger charge is -2.14. The lowest BCUT2D eigenvalue weighted by molar-refractivity contribution is -0.119. The molecule has 1 aliphatic rings. The highest BCUT2D eigenvalue weighted by Crippen LogP contribution is 2.36. The summed E-state index contributed by atoms with van der Waals surface area (Å²) in [6, 6.07) is 6.90. The molecule has 1 fully saturated rings. The van der Waals surface area contributed by atoms with Gasteiger partial charge in [0.05, 0.1) is 10.9 Å². The van der Waals surface area contributed by atoms with Crippen molar-refractivity contribution in [2.75, 3.05) is 0 Å². The fourth-order valence-electron chi connectivity index (χ4n) is 2.95. The smallest absolute Gasteiger partial charge is 0.343 e. The molecule has 2 aromatic rings. The summed E-state index contributed by atoms with van der Waals surface area (Å²) in [5.41, 5.74) is 0.110. The topological polar surface area (TPSA) is 67.5 Å². The quantitative estimate of drug-likeness (QED) is 0.639. The van der Waals surface area contributed by atoms with E-state index in [0.717, 1.165) is 19.3 Å². The molecule has 1 aromatic carbocycles. The van der Waals surface area contributed by atoms with Crippen molar-refractivity contribution in [3.63, 3.8) is 0 Å². The number of ketones is 1. The van der Waals surface area contributed by atoms with Gasteiger partial charge in [-0.2, -0.15) is 0 Å². The van der Waals surface area contributed by atoms with E-state index in [2.05, 4.69) is 0 Å². The van der Waals surface area contributed by atoms with Crippen LogP contribution in [0.2, 0.25) is 0 Å². The van der Waals surface area contributed by atoms with E-state index < -0.39 is 5.63 Å². The molecule has 0 bridgehead atoms. The first-order valence-electron chi connectivity index (χ1n) is 6.93. The van der Waals surface area contributed by atoms with Crippen LogP contribution in [-0.2, 0) is 4.79 Å². The molecule has 1 aliphatic carbocycles. The van der Waals surface area contributed by atoms with E-state index in [9.17, 15) is 14.7 Å². The van der Waals surface area contributed by atoms with E-state index in [1.165, 1.54) is 0 Å². The lowest BCUT2D eigenvalue weighted by atomic mass is 9.91. The van der Waals surface area contributed by atoms with Gasteiger partial charge >= 0.3 is 5.63 Å². The maximum absolute atomic E-state index is 12.1. The van der Waals surface area contributed by atoms with E-state index in [0.29, 0.717) is 23.8 Å². The van der Waals surface area contributed by atoms with Gasteiger partial charge in [0, 0.05) is 18.8 Å². The number of Topliss-reactive ketones (excluding diaryl/α,β-unsaturated/α-hetero) is 1. The Morgan fingerprint density at radius 1 is 1.15 bits per heavy atom. The van der Waals surface area contributed by atoms with Crippen molar-refractivity contribution in [2.24, 2.45) is 0 Å². The summed E-state index contributed by atoms with van der Waals surface area (Å²) in [4.78, 5) is 23.9. The van der Waals surface area contributed by atoms with Crippen LogP contribution in [0, 0.1) is 0 Å². The van der Waals surface area contributed by atoms with Crippen molar-refractivity contribution in [3.8, 4) is 5.75 Å². The minimum absolute atomic E-state index is 0.0310. The van der Waals surface area contributed by atoms with Crippen LogP contribution < -0.4 is 5.63 Å². The normalized spacial score (nSPS) is 20.0. The Labute approximate surface area is 116 Å². The summed E-state index contributed by atoms with van der Waals surface area (Å²) < 4.78 is 5.28. The fourth-order valence-corrected chi connectivity index (χ4v) is 2.95. The molecule has 1 heterocycles. The molecule has 3 rings (SSSR count). The molecule has 0 amide bonds. The largest absolute Gasteiger partial charge is 0.507 e.